The highest BCUT2D eigenvalue weighted by Gasteiger charge is 2.08. The number of hydrogen-bond acceptors (Lipinski definition) is 10. The molecule has 0 spiro atoms. The van der Waals surface area contributed by atoms with Crippen LogP contribution in [0.5, 0.6) is 0 Å². The van der Waals surface area contributed by atoms with Gasteiger partial charge in [-0.2, -0.15) is 0 Å². The van der Waals surface area contributed by atoms with Crippen molar-refractivity contribution in [3.8, 4) is 0 Å². The lowest BCUT2D eigenvalue weighted by Gasteiger charge is -2.02. The summed E-state index contributed by atoms with van der Waals surface area (Å²) in [6.07, 6.45) is 1.61. The number of nitrogens with zero attached hydrogens (tertiary/aromatic N) is 10. The number of fused-ring (bicyclic) bond motifs is 4. The smallest absolute Gasteiger partial charge is 0.206 e. The quantitative estimate of drug-likeness (QED) is 0.365. The molecule has 5 aromatic heterocycles. The fourth-order valence-corrected chi connectivity index (χ4v) is 2.29. The van der Waals surface area contributed by atoms with Gasteiger partial charge in [-0.05, 0) is 33.8 Å². The molecule has 5 heterocycles. The Labute approximate surface area is 120 Å². The molecule has 0 aliphatic heterocycles. The van der Waals surface area contributed by atoms with Gasteiger partial charge < -0.3 is 0 Å². The van der Waals surface area contributed by atoms with Gasteiger partial charge in [-0.15, -0.1) is 20.4 Å². The maximum absolute atomic E-state index is 4.45. The van der Waals surface area contributed by atoms with Gasteiger partial charge in [-0.1, -0.05) is 0 Å². The highest BCUT2D eigenvalue weighted by Crippen LogP contribution is 2.21. The summed E-state index contributed by atoms with van der Waals surface area (Å²) in [4.78, 5) is 13.2. The SMILES string of the molecule is c1nnnc2nc3nc4nc5nnnnc5cc4cc3cc12. The van der Waals surface area contributed by atoms with Crippen LogP contribution in [0, 0.1) is 0 Å². The average molecular weight is 288 g/mol. The molecular weight excluding hydrogens is 284 g/mol. The van der Waals surface area contributed by atoms with Gasteiger partial charge in [-0.25, -0.2) is 15.0 Å². The Morgan fingerprint density at radius 1 is 0.545 bits per heavy atom. The largest absolute Gasteiger partial charge is 0.208 e. The van der Waals surface area contributed by atoms with Crippen molar-refractivity contribution in [3.05, 3.63) is 24.4 Å². The van der Waals surface area contributed by atoms with E-state index in [1.807, 2.05) is 18.2 Å². The first kappa shape index (κ1) is 11.1. The van der Waals surface area contributed by atoms with Crippen LogP contribution in [0.15, 0.2) is 24.4 Å². The van der Waals surface area contributed by atoms with Crippen molar-refractivity contribution in [1.29, 1.82) is 0 Å². The zero-order chi connectivity index (χ0) is 14.5. The summed E-state index contributed by atoms with van der Waals surface area (Å²) >= 11 is 0. The molecule has 10 nitrogen and oxygen atoms in total. The predicted octanol–water partition coefficient (Wildman–Crippen LogP) is 0.249. The third-order valence-electron chi connectivity index (χ3n) is 3.27. The van der Waals surface area contributed by atoms with E-state index in [0.717, 1.165) is 16.2 Å². The van der Waals surface area contributed by atoms with Crippen LogP contribution in [-0.2, 0) is 0 Å². The lowest BCUT2D eigenvalue weighted by molar-refractivity contribution is 0.791. The zero-order valence-corrected chi connectivity index (χ0v) is 10.8. The number of pyridine rings is 3. The van der Waals surface area contributed by atoms with E-state index in [2.05, 4.69) is 51.0 Å². The molecule has 5 aromatic rings. The summed E-state index contributed by atoms with van der Waals surface area (Å²) in [5, 5.41) is 28.4. The molecule has 0 aliphatic carbocycles. The summed E-state index contributed by atoms with van der Waals surface area (Å²) < 4.78 is 0. The molecule has 0 aromatic carbocycles. The second kappa shape index (κ2) is 3.97. The molecule has 10 heteroatoms. The first-order valence-corrected chi connectivity index (χ1v) is 6.29. The number of hydrogen-bond donors (Lipinski definition) is 0. The Hall–Kier alpha value is -3.56. The fourth-order valence-electron chi connectivity index (χ4n) is 2.29. The van der Waals surface area contributed by atoms with Crippen LogP contribution in [0.4, 0.5) is 0 Å². The van der Waals surface area contributed by atoms with Crippen LogP contribution in [0.1, 0.15) is 0 Å². The highest BCUT2D eigenvalue weighted by molar-refractivity contribution is 5.97. The molecule has 0 amide bonds. The van der Waals surface area contributed by atoms with E-state index >= 15 is 0 Å². The van der Waals surface area contributed by atoms with E-state index in [9.17, 15) is 0 Å². The molecule has 0 radical (unpaired) electrons. The lowest BCUT2D eigenvalue weighted by atomic mass is 10.2. The third-order valence-corrected chi connectivity index (χ3v) is 3.27. The zero-order valence-electron chi connectivity index (χ0n) is 10.8. The Morgan fingerprint density at radius 2 is 1.23 bits per heavy atom. The molecule has 0 saturated heterocycles. The molecule has 102 valence electrons. The minimum Gasteiger partial charge on any atom is -0.208 e. The van der Waals surface area contributed by atoms with Crippen molar-refractivity contribution >= 4 is 44.3 Å². The van der Waals surface area contributed by atoms with E-state index in [-0.39, 0.29) is 0 Å². The molecule has 0 bridgehead atoms. The van der Waals surface area contributed by atoms with Gasteiger partial charge in [-0.3, -0.25) is 0 Å². The van der Waals surface area contributed by atoms with Crippen molar-refractivity contribution < 1.29 is 0 Å². The van der Waals surface area contributed by atoms with Crippen LogP contribution >= 0.6 is 0 Å². The molecule has 0 fully saturated rings. The van der Waals surface area contributed by atoms with Gasteiger partial charge in [0.25, 0.3) is 0 Å². The Balaban J connectivity index is 1.93. The maximum atomic E-state index is 4.45. The van der Waals surface area contributed by atoms with E-state index in [4.69, 9.17) is 0 Å². The van der Waals surface area contributed by atoms with E-state index in [1.54, 1.807) is 6.20 Å². The molecule has 0 N–H and O–H groups in total. The Bertz CT molecular complexity index is 1000. The molecule has 0 saturated carbocycles. The third kappa shape index (κ3) is 1.54. The van der Waals surface area contributed by atoms with Gasteiger partial charge >= 0.3 is 0 Å². The Kier molecular flexibility index (Phi) is 2.01. The molecule has 0 atom stereocenters. The second-order valence-electron chi connectivity index (χ2n) is 4.63. The second-order valence-corrected chi connectivity index (χ2v) is 4.63. The fraction of sp³-hybridized carbons (Fsp3) is 0. The summed E-state index contributed by atoms with van der Waals surface area (Å²) in [6.45, 7) is 0. The van der Waals surface area contributed by atoms with Gasteiger partial charge in [0.1, 0.15) is 5.52 Å². The van der Waals surface area contributed by atoms with Crippen LogP contribution in [0.25, 0.3) is 44.3 Å². The van der Waals surface area contributed by atoms with Crippen LogP contribution in [-0.4, -0.2) is 51.0 Å². The molecule has 5 rings (SSSR count). The standard InChI is InChI=1S/C12H4N10/c1-5-2-7-4-13-20-18-11(7)15-9(5)14-10-6(1)3-8-12(16-10)19-22-21-17-8/h1-4H. The van der Waals surface area contributed by atoms with Gasteiger partial charge in [0, 0.05) is 16.2 Å². The van der Waals surface area contributed by atoms with E-state index < -0.39 is 0 Å². The normalized spacial score (nSPS) is 11.6. The minimum absolute atomic E-state index is 0.388. The van der Waals surface area contributed by atoms with Gasteiger partial charge in [0.15, 0.2) is 16.9 Å². The summed E-state index contributed by atoms with van der Waals surface area (Å²) in [7, 11) is 0. The van der Waals surface area contributed by atoms with Gasteiger partial charge in [0.2, 0.25) is 5.65 Å². The highest BCUT2D eigenvalue weighted by atomic mass is 15.4. The minimum atomic E-state index is 0.388. The molecule has 0 aliphatic rings. The molecule has 0 unspecified atom stereocenters. The topological polar surface area (TPSA) is 129 Å². The Morgan fingerprint density at radius 3 is 2.18 bits per heavy atom. The summed E-state index contributed by atoms with van der Waals surface area (Å²) in [5.41, 5.74) is 2.48. The summed E-state index contributed by atoms with van der Waals surface area (Å²) in [5.74, 6) is 0. The van der Waals surface area contributed by atoms with Crippen molar-refractivity contribution in [3.63, 3.8) is 0 Å². The average Bonchev–Trinajstić information content (AvgIpc) is 2.56. The number of aromatic nitrogens is 10. The maximum Gasteiger partial charge on any atom is 0.206 e. The van der Waals surface area contributed by atoms with Crippen LogP contribution in [0.3, 0.4) is 0 Å². The molecule has 22 heavy (non-hydrogen) atoms. The predicted molar refractivity (Wildman–Crippen MR) is 74.4 cm³/mol. The first-order chi connectivity index (χ1) is 10.9. The van der Waals surface area contributed by atoms with Crippen LogP contribution in [0.2, 0.25) is 0 Å². The number of rotatable bonds is 0. The van der Waals surface area contributed by atoms with Crippen molar-refractivity contribution in [2.45, 2.75) is 0 Å². The monoisotopic (exact) mass is 288 g/mol. The summed E-state index contributed by atoms with van der Waals surface area (Å²) in [6, 6.07) is 5.66. The van der Waals surface area contributed by atoms with Crippen LogP contribution < -0.4 is 0 Å². The molecular formula is C12H4N10. The van der Waals surface area contributed by atoms with E-state index in [0.29, 0.717) is 28.1 Å². The van der Waals surface area contributed by atoms with Crippen molar-refractivity contribution in [1.82, 2.24) is 51.0 Å². The van der Waals surface area contributed by atoms with Gasteiger partial charge in [0.05, 0.1) is 6.20 Å². The lowest BCUT2D eigenvalue weighted by Crippen LogP contribution is -1.97. The van der Waals surface area contributed by atoms with Crippen molar-refractivity contribution in [2.24, 2.45) is 0 Å². The first-order valence-electron chi connectivity index (χ1n) is 6.29. The van der Waals surface area contributed by atoms with E-state index in [1.165, 1.54) is 0 Å². The van der Waals surface area contributed by atoms with Crippen molar-refractivity contribution in [2.75, 3.05) is 0 Å².